The van der Waals surface area contributed by atoms with Crippen molar-refractivity contribution in [1.82, 2.24) is 4.90 Å². The molecule has 4 rings (SSSR count). The second kappa shape index (κ2) is 12.7. The molecule has 0 atom stereocenters. The van der Waals surface area contributed by atoms with Crippen molar-refractivity contribution >= 4 is 22.8 Å². The summed E-state index contributed by atoms with van der Waals surface area (Å²) in [5.41, 5.74) is 24.7. The van der Waals surface area contributed by atoms with Gasteiger partial charge in [-0.3, -0.25) is 5.41 Å². The van der Waals surface area contributed by atoms with Gasteiger partial charge in [0, 0.05) is 62.6 Å². The van der Waals surface area contributed by atoms with E-state index >= 15 is 0 Å². The molecule has 1 saturated heterocycles. The molecule has 1 fully saturated rings. The van der Waals surface area contributed by atoms with E-state index in [2.05, 4.69) is 11.9 Å². The number of phenols is 1. The Labute approximate surface area is 226 Å². The van der Waals surface area contributed by atoms with E-state index < -0.39 is 0 Å². The minimum Gasteiger partial charge on any atom is -0.699 e. The number of nitrogens with one attached hydrogen (secondary N) is 3. The maximum atomic E-state index is 8.85. The van der Waals surface area contributed by atoms with Crippen LogP contribution in [0.5, 0.6) is 11.5 Å². The number of phenolic OH excluding ortho intramolecular Hbond substituents is 1. The average molecular weight is 534 g/mol. The molecule has 7 nitrogen and oxygen atoms in total. The molecule has 3 aromatic carbocycles. The zero-order valence-corrected chi connectivity index (χ0v) is 22.5. The van der Waals surface area contributed by atoms with Crippen LogP contribution < -0.4 is 10.5 Å². The van der Waals surface area contributed by atoms with Crippen LogP contribution >= 0.6 is 0 Å². The molecule has 0 amide bonds. The SMILES string of the molecule is CN1CCC(Oc2ccc(C(=N)c3cc([NH-])ccc3N)cc2)CC1.Cc1cc(O)ccc1[NH-].[Y]. The third kappa shape index (κ3) is 7.72. The molecule has 0 aliphatic carbocycles. The van der Waals surface area contributed by atoms with Gasteiger partial charge >= 0.3 is 0 Å². The van der Waals surface area contributed by atoms with E-state index in [4.69, 9.17) is 32.5 Å². The number of aromatic hydroxyl groups is 1. The van der Waals surface area contributed by atoms with E-state index in [0.29, 0.717) is 28.3 Å². The van der Waals surface area contributed by atoms with Crippen LogP contribution in [-0.4, -0.2) is 42.0 Å². The van der Waals surface area contributed by atoms with E-state index in [-0.39, 0.29) is 44.6 Å². The molecule has 8 heteroatoms. The van der Waals surface area contributed by atoms with Gasteiger partial charge in [-0.25, -0.2) is 0 Å². The third-order valence-electron chi connectivity index (χ3n) is 5.64. The van der Waals surface area contributed by atoms with Crippen molar-refractivity contribution in [3.63, 3.8) is 0 Å². The van der Waals surface area contributed by atoms with Crippen molar-refractivity contribution in [1.29, 1.82) is 5.41 Å². The normalized spacial score (nSPS) is 13.8. The largest absolute Gasteiger partial charge is 0.699 e. The van der Waals surface area contributed by atoms with Gasteiger partial charge in [-0.05, 0) is 69.3 Å². The zero-order chi connectivity index (χ0) is 24.0. The van der Waals surface area contributed by atoms with Gasteiger partial charge < -0.3 is 31.9 Å². The second-order valence-electron chi connectivity index (χ2n) is 8.32. The molecule has 34 heavy (non-hydrogen) atoms. The van der Waals surface area contributed by atoms with E-state index in [1.807, 2.05) is 24.3 Å². The molecule has 1 heterocycles. The van der Waals surface area contributed by atoms with Crippen LogP contribution in [0.2, 0.25) is 0 Å². The van der Waals surface area contributed by atoms with Crippen molar-refractivity contribution < 1.29 is 42.6 Å². The maximum Gasteiger partial charge on any atom is 0.119 e. The number of hydrogen-bond donors (Lipinski definition) is 3. The molecular formula is C26H31N5O2Y-2. The molecule has 0 aromatic heterocycles. The van der Waals surface area contributed by atoms with Crippen LogP contribution in [0.4, 0.5) is 17.1 Å². The summed E-state index contributed by atoms with van der Waals surface area (Å²) in [5.74, 6) is 1.06. The van der Waals surface area contributed by atoms with Crippen LogP contribution in [0, 0.1) is 12.3 Å². The van der Waals surface area contributed by atoms with E-state index in [9.17, 15) is 0 Å². The minimum absolute atomic E-state index is 0. The average Bonchev–Trinajstić information content (AvgIpc) is 2.80. The number of nitrogens with two attached hydrogens (primary N) is 1. The molecule has 0 saturated carbocycles. The van der Waals surface area contributed by atoms with E-state index in [0.717, 1.165) is 42.8 Å². The van der Waals surface area contributed by atoms with Crippen LogP contribution in [0.25, 0.3) is 11.5 Å². The van der Waals surface area contributed by atoms with Gasteiger partial charge in [0.15, 0.2) is 0 Å². The molecule has 177 valence electrons. The van der Waals surface area contributed by atoms with Crippen LogP contribution in [0.15, 0.2) is 60.7 Å². The van der Waals surface area contributed by atoms with Gasteiger partial charge in [0.05, 0.1) is 5.71 Å². The summed E-state index contributed by atoms with van der Waals surface area (Å²) in [4.78, 5) is 2.31. The smallest absolute Gasteiger partial charge is 0.119 e. The summed E-state index contributed by atoms with van der Waals surface area (Å²) >= 11 is 0. The number of piperidine rings is 1. The molecule has 1 radical (unpaired) electrons. The number of nitrogen functional groups attached to an aromatic ring is 1. The number of likely N-dealkylation sites (tertiary alicyclic amines) is 1. The standard InChI is InChI=1S/C19H23N4O.C7H8NO.Y/c1-23-10-8-16(9-11-23)24-15-5-2-13(3-6-15)19(22)17-12-14(20)4-7-18(17)21;1-5-4-6(9)2-3-7(5)8;/h2-7,12,16,20,22H,8-11,21H2,1H3;2-4,8-9H,1H3;/q2*-1;. The minimum atomic E-state index is 0. The Morgan fingerprint density at radius 3 is 2.26 bits per heavy atom. The summed E-state index contributed by atoms with van der Waals surface area (Å²) < 4.78 is 6.04. The van der Waals surface area contributed by atoms with Gasteiger partial charge in [-0.15, -0.1) is 11.4 Å². The Bertz CT molecular complexity index is 1100. The van der Waals surface area contributed by atoms with Crippen LogP contribution in [0.3, 0.4) is 0 Å². The zero-order valence-electron chi connectivity index (χ0n) is 19.6. The molecular weight excluding hydrogens is 503 g/mol. The number of rotatable bonds is 4. The molecule has 6 N–H and O–H groups in total. The van der Waals surface area contributed by atoms with Gasteiger partial charge in [-0.1, -0.05) is 23.8 Å². The number of nitrogens with zero attached hydrogens (tertiary/aromatic N) is 1. The molecule has 3 aromatic rings. The Kier molecular flexibility index (Phi) is 10.4. The van der Waals surface area contributed by atoms with E-state index in [1.165, 1.54) is 6.07 Å². The van der Waals surface area contributed by atoms with Gasteiger partial charge in [-0.2, -0.15) is 0 Å². The number of aryl methyl sites for hydroxylation is 1. The fourth-order valence-electron chi connectivity index (χ4n) is 3.57. The molecule has 1 aliphatic heterocycles. The summed E-state index contributed by atoms with van der Waals surface area (Å²) in [6.07, 6.45) is 2.35. The Morgan fingerprint density at radius 2 is 1.68 bits per heavy atom. The first-order valence-electron chi connectivity index (χ1n) is 10.9. The first kappa shape index (κ1) is 27.6. The molecule has 1 aliphatic rings. The second-order valence-corrected chi connectivity index (χ2v) is 8.32. The van der Waals surface area contributed by atoms with Crippen molar-refractivity contribution in [3.05, 3.63) is 88.8 Å². The van der Waals surface area contributed by atoms with Crippen LogP contribution in [0.1, 0.15) is 29.5 Å². The van der Waals surface area contributed by atoms with Crippen molar-refractivity contribution in [2.45, 2.75) is 25.9 Å². The monoisotopic (exact) mass is 534 g/mol. The quantitative estimate of drug-likeness (QED) is 0.208. The predicted octanol–water partition coefficient (Wildman–Crippen LogP) is 6.22. The number of hydrogen-bond acceptors (Lipinski definition) is 5. The fraction of sp³-hybridized carbons (Fsp3) is 0.269. The Morgan fingerprint density at radius 1 is 1.03 bits per heavy atom. The molecule has 0 spiro atoms. The summed E-state index contributed by atoms with van der Waals surface area (Å²) in [5, 5.41) is 17.2. The third-order valence-corrected chi connectivity index (χ3v) is 5.64. The number of anilines is 1. The van der Waals surface area contributed by atoms with Crippen molar-refractivity contribution in [3.8, 4) is 11.5 Å². The fourth-order valence-corrected chi connectivity index (χ4v) is 3.57. The van der Waals surface area contributed by atoms with Crippen LogP contribution in [-0.2, 0) is 32.7 Å². The predicted molar refractivity (Wildman–Crippen MR) is 135 cm³/mol. The number of benzene rings is 3. The first-order chi connectivity index (χ1) is 15.7. The van der Waals surface area contributed by atoms with E-state index in [1.54, 1.807) is 37.3 Å². The Balaban J connectivity index is 0.000000345. The Hall–Kier alpha value is -2.61. The van der Waals surface area contributed by atoms with Gasteiger partial charge in [0.2, 0.25) is 0 Å². The maximum absolute atomic E-state index is 8.85. The molecule has 0 unspecified atom stereocenters. The first-order valence-corrected chi connectivity index (χ1v) is 10.9. The topological polar surface area (TPSA) is 130 Å². The molecule has 0 bridgehead atoms. The van der Waals surface area contributed by atoms with Crippen molar-refractivity contribution in [2.24, 2.45) is 0 Å². The summed E-state index contributed by atoms with van der Waals surface area (Å²) in [6.45, 7) is 3.92. The summed E-state index contributed by atoms with van der Waals surface area (Å²) in [7, 11) is 2.13. The number of ether oxygens (including phenoxy) is 1. The summed E-state index contributed by atoms with van der Waals surface area (Å²) in [6, 6.07) is 17.1. The van der Waals surface area contributed by atoms with Crippen molar-refractivity contribution in [2.75, 3.05) is 25.9 Å². The van der Waals surface area contributed by atoms with Gasteiger partial charge in [0.1, 0.15) is 17.6 Å². The van der Waals surface area contributed by atoms with Gasteiger partial charge in [0.25, 0.3) is 0 Å².